The topological polar surface area (TPSA) is 122 Å². The van der Waals surface area contributed by atoms with E-state index in [4.69, 9.17) is 10.5 Å². The number of halogens is 2. The predicted molar refractivity (Wildman–Crippen MR) is 125 cm³/mol. The van der Waals surface area contributed by atoms with Crippen molar-refractivity contribution in [1.82, 2.24) is 40.3 Å². The van der Waals surface area contributed by atoms with Gasteiger partial charge in [0.1, 0.15) is 11.5 Å². The summed E-state index contributed by atoms with van der Waals surface area (Å²) in [4.78, 5) is 4.23. The van der Waals surface area contributed by atoms with Crippen molar-refractivity contribution in [3.05, 3.63) is 48.4 Å². The number of ether oxygens (including phenoxy) is 1. The summed E-state index contributed by atoms with van der Waals surface area (Å²) >= 11 is 0. The number of nitrogens with zero attached hydrogens (tertiary/aromatic N) is 7. The van der Waals surface area contributed by atoms with Crippen LogP contribution in [0, 0.1) is 11.6 Å². The first-order valence-corrected chi connectivity index (χ1v) is 11.3. The molecule has 3 N–H and O–H groups in total. The number of nitrogens with one attached hydrogen (secondary N) is 1. The van der Waals surface area contributed by atoms with Gasteiger partial charge >= 0.3 is 0 Å². The van der Waals surface area contributed by atoms with Crippen LogP contribution in [0.2, 0.25) is 0 Å². The summed E-state index contributed by atoms with van der Waals surface area (Å²) in [6.07, 6.45) is 8.31. The Kier molecular flexibility index (Phi) is 6.12. The fourth-order valence-electron chi connectivity index (χ4n) is 4.32. The molecule has 5 rings (SSSR count). The van der Waals surface area contributed by atoms with Gasteiger partial charge in [-0.2, -0.15) is 14.2 Å². The average Bonchev–Trinajstić information content (AvgIpc) is 3.52. The number of benzene rings is 1. The van der Waals surface area contributed by atoms with Crippen molar-refractivity contribution in [3.63, 3.8) is 0 Å². The van der Waals surface area contributed by atoms with Gasteiger partial charge in [-0.05, 0) is 61.4 Å². The summed E-state index contributed by atoms with van der Waals surface area (Å²) in [5, 5.41) is 18.9. The molecule has 3 heterocycles. The van der Waals surface area contributed by atoms with Gasteiger partial charge in [0.2, 0.25) is 5.82 Å². The Balaban J connectivity index is 1.45. The van der Waals surface area contributed by atoms with Crippen molar-refractivity contribution < 1.29 is 13.5 Å². The molecule has 0 atom stereocenters. The number of anilines is 1. The zero-order valence-electron chi connectivity index (χ0n) is 19.3. The maximum Gasteiger partial charge on any atom is 0.202 e. The summed E-state index contributed by atoms with van der Waals surface area (Å²) in [6, 6.07) is 4.95. The van der Waals surface area contributed by atoms with Crippen molar-refractivity contribution in [2.75, 3.05) is 12.8 Å². The van der Waals surface area contributed by atoms with Crippen LogP contribution in [0.1, 0.15) is 25.7 Å². The van der Waals surface area contributed by atoms with E-state index in [1.165, 1.54) is 12.1 Å². The minimum absolute atomic E-state index is 0.123. The van der Waals surface area contributed by atoms with Gasteiger partial charge < -0.3 is 15.8 Å². The molecule has 1 aliphatic rings. The van der Waals surface area contributed by atoms with Gasteiger partial charge in [0, 0.05) is 36.6 Å². The molecule has 182 valence electrons. The molecule has 0 aliphatic heterocycles. The van der Waals surface area contributed by atoms with E-state index in [1.807, 2.05) is 13.2 Å². The lowest BCUT2D eigenvalue weighted by Crippen LogP contribution is -2.34. The van der Waals surface area contributed by atoms with Gasteiger partial charge in [-0.1, -0.05) is 0 Å². The van der Waals surface area contributed by atoms with Crippen LogP contribution in [0.25, 0.3) is 28.2 Å². The molecule has 4 aromatic rings. The van der Waals surface area contributed by atoms with Crippen LogP contribution < -0.4 is 15.8 Å². The second-order valence-corrected chi connectivity index (χ2v) is 8.56. The van der Waals surface area contributed by atoms with Gasteiger partial charge in [-0.25, -0.2) is 9.37 Å². The van der Waals surface area contributed by atoms with Crippen LogP contribution in [-0.2, 0) is 7.05 Å². The minimum Gasteiger partial charge on any atom is -0.487 e. The van der Waals surface area contributed by atoms with E-state index in [0.717, 1.165) is 41.5 Å². The Morgan fingerprint density at radius 3 is 2.60 bits per heavy atom. The van der Waals surface area contributed by atoms with Crippen LogP contribution in [0.3, 0.4) is 0 Å². The number of nitrogens with two attached hydrogens (primary N) is 1. The first-order chi connectivity index (χ1) is 16.9. The lowest BCUT2D eigenvalue weighted by Gasteiger charge is -2.28. The monoisotopic (exact) mass is 481 g/mol. The summed E-state index contributed by atoms with van der Waals surface area (Å²) in [7, 11) is 3.72. The molecule has 0 bridgehead atoms. The second-order valence-electron chi connectivity index (χ2n) is 8.56. The van der Waals surface area contributed by atoms with Gasteiger partial charge in [0.15, 0.2) is 17.4 Å². The third-order valence-electron chi connectivity index (χ3n) is 6.30. The molecule has 0 amide bonds. The van der Waals surface area contributed by atoms with E-state index >= 15 is 8.78 Å². The number of tetrazole rings is 1. The van der Waals surface area contributed by atoms with E-state index in [-0.39, 0.29) is 29.2 Å². The highest BCUT2D eigenvalue weighted by Gasteiger charge is 2.25. The molecular formula is C23H25F2N9O. The number of aromatic nitrogens is 7. The van der Waals surface area contributed by atoms with Crippen LogP contribution in [0.5, 0.6) is 5.75 Å². The molecule has 3 aromatic heterocycles. The highest BCUT2D eigenvalue weighted by molar-refractivity contribution is 5.76. The first-order valence-electron chi connectivity index (χ1n) is 11.3. The normalized spacial score (nSPS) is 18.1. The number of hydrogen-bond donors (Lipinski definition) is 2. The molecule has 0 radical (unpaired) electrons. The van der Waals surface area contributed by atoms with Crippen molar-refractivity contribution in [1.29, 1.82) is 0 Å². The summed E-state index contributed by atoms with van der Waals surface area (Å²) < 4.78 is 38.8. The number of aryl methyl sites for hydroxylation is 1. The molecule has 1 aliphatic carbocycles. The Morgan fingerprint density at radius 1 is 1.09 bits per heavy atom. The molecule has 12 heteroatoms. The van der Waals surface area contributed by atoms with E-state index in [2.05, 4.69) is 30.9 Å². The molecule has 1 fully saturated rings. The summed E-state index contributed by atoms with van der Waals surface area (Å²) in [5.74, 6) is -2.07. The lowest BCUT2D eigenvalue weighted by atomic mass is 9.93. The fraction of sp³-hybridized carbons (Fsp3) is 0.348. The zero-order chi connectivity index (χ0) is 24.5. The van der Waals surface area contributed by atoms with Gasteiger partial charge in [0.05, 0.1) is 17.9 Å². The molecule has 0 spiro atoms. The largest absolute Gasteiger partial charge is 0.487 e. The Bertz CT molecular complexity index is 1340. The number of hydrogen-bond acceptors (Lipinski definition) is 8. The van der Waals surface area contributed by atoms with Crippen molar-refractivity contribution >= 4 is 5.82 Å². The van der Waals surface area contributed by atoms with Crippen molar-refractivity contribution in [3.8, 4) is 34.0 Å². The molecular weight excluding hydrogens is 456 g/mol. The van der Waals surface area contributed by atoms with E-state index in [0.29, 0.717) is 11.6 Å². The summed E-state index contributed by atoms with van der Waals surface area (Å²) in [6.45, 7) is 0. The van der Waals surface area contributed by atoms with Crippen LogP contribution in [0.15, 0.2) is 36.8 Å². The fourth-order valence-corrected chi connectivity index (χ4v) is 4.32. The van der Waals surface area contributed by atoms with Gasteiger partial charge in [-0.15, -0.1) is 5.10 Å². The van der Waals surface area contributed by atoms with Crippen molar-refractivity contribution in [2.45, 2.75) is 37.8 Å². The molecule has 1 aromatic carbocycles. The first kappa shape index (κ1) is 22.8. The molecule has 0 saturated heterocycles. The molecule has 0 unspecified atom stereocenters. The van der Waals surface area contributed by atoms with E-state index in [9.17, 15) is 0 Å². The Morgan fingerprint density at radius 2 is 1.89 bits per heavy atom. The smallest absolute Gasteiger partial charge is 0.202 e. The maximum absolute atomic E-state index is 15.2. The minimum atomic E-state index is -1.12. The Hall–Kier alpha value is -3.93. The number of pyridine rings is 1. The van der Waals surface area contributed by atoms with Gasteiger partial charge in [-0.3, -0.25) is 4.68 Å². The SMILES string of the molecule is CNC1CCC(Oc2ccc(-n3nnnc3-c3cc(-c4cnn(C)c4)cnc3N)c(F)c2F)CC1. The third kappa shape index (κ3) is 4.44. The Labute approximate surface area is 200 Å². The van der Waals surface area contributed by atoms with E-state index < -0.39 is 11.6 Å². The third-order valence-corrected chi connectivity index (χ3v) is 6.30. The van der Waals surface area contributed by atoms with Crippen LogP contribution in [0.4, 0.5) is 14.6 Å². The van der Waals surface area contributed by atoms with Crippen LogP contribution >= 0.6 is 0 Å². The highest BCUT2D eigenvalue weighted by Crippen LogP contribution is 2.32. The number of nitrogen functional groups attached to an aromatic ring is 1. The second kappa shape index (κ2) is 9.37. The number of rotatable bonds is 6. The maximum atomic E-state index is 15.2. The van der Waals surface area contributed by atoms with E-state index in [1.54, 1.807) is 30.2 Å². The van der Waals surface area contributed by atoms with Crippen molar-refractivity contribution in [2.24, 2.45) is 7.05 Å². The zero-order valence-corrected chi connectivity index (χ0v) is 19.3. The average molecular weight is 482 g/mol. The molecule has 10 nitrogen and oxygen atoms in total. The molecule has 35 heavy (non-hydrogen) atoms. The lowest BCUT2D eigenvalue weighted by molar-refractivity contribution is 0.135. The molecule has 1 saturated carbocycles. The quantitative estimate of drug-likeness (QED) is 0.431. The summed E-state index contributed by atoms with van der Waals surface area (Å²) in [5.41, 5.74) is 7.83. The highest BCUT2D eigenvalue weighted by atomic mass is 19.2. The predicted octanol–water partition coefficient (Wildman–Crippen LogP) is 2.89. The van der Waals surface area contributed by atoms with Gasteiger partial charge in [0.25, 0.3) is 0 Å². The van der Waals surface area contributed by atoms with Crippen LogP contribution in [-0.4, -0.2) is 54.2 Å². The standard InChI is InChI=1S/C23H25F2N9O/c1-27-15-3-5-16(6-4-15)35-19-8-7-18(20(24)21(19)25)34-23(30-31-32-34)17-9-13(10-28-22(17)26)14-11-29-33(2)12-14/h7-12,15-16,27H,3-6H2,1-2H3,(H2,26,28).